The van der Waals surface area contributed by atoms with Crippen LogP contribution in [0.5, 0.6) is 0 Å². The van der Waals surface area contributed by atoms with Crippen LogP contribution in [0.3, 0.4) is 0 Å². The van der Waals surface area contributed by atoms with Crippen LogP contribution in [0.1, 0.15) is 25.7 Å². The lowest BCUT2D eigenvalue weighted by atomic mass is 10.1. The second kappa shape index (κ2) is 5.90. The highest BCUT2D eigenvalue weighted by molar-refractivity contribution is 7.89. The SMILES string of the molecule is Nc1ccc(S(=O)(=O)N2CCC(N3CCCCC3)C2)cn1. The van der Waals surface area contributed by atoms with E-state index in [0.717, 1.165) is 19.5 Å². The first kappa shape index (κ1) is 14.7. The molecule has 2 aliphatic heterocycles. The van der Waals surface area contributed by atoms with E-state index in [1.807, 2.05) is 0 Å². The molecular formula is C14H22N4O2S. The van der Waals surface area contributed by atoms with Crippen LogP contribution in [0.15, 0.2) is 23.2 Å². The zero-order valence-electron chi connectivity index (χ0n) is 12.1. The van der Waals surface area contributed by atoms with Crippen molar-refractivity contribution in [2.75, 3.05) is 31.9 Å². The van der Waals surface area contributed by atoms with Crippen LogP contribution in [0.2, 0.25) is 0 Å². The smallest absolute Gasteiger partial charge is 0.244 e. The molecular weight excluding hydrogens is 288 g/mol. The predicted octanol–water partition coefficient (Wildman–Crippen LogP) is 0.913. The highest BCUT2D eigenvalue weighted by atomic mass is 32.2. The molecule has 7 heteroatoms. The van der Waals surface area contributed by atoms with Crippen molar-refractivity contribution in [1.29, 1.82) is 0 Å². The summed E-state index contributed by atoms with van der Waals surface area (Å²) in [5.74, 6) is 0.335. The number of anilines is 1. The highest BCUT2D eigenvalue weighted by Gasteiger charge is 2.35. The van der Waals surface area contributed by atoms with Crippen LogP contribution < -0.4 is 5.73 Å². The third-order valence-electron chi connectivity index (χ3n) is 4.43. The molecule has 2 N–H and O–H groups in total. The van der Waals surface area contributed by atoms with Crippen molar-refractivity contribution in [1.82, 2.24) is 14.2 Å². The summed E-state index contributed by atoms with van der Waals surface area (Å²) in [6, 6.07) is 3.43. The minimum absolute atomic E-state index is 0.232. The average Bonchev–Trinajstić information content (AvgIpc) is 2.99. The fraction of sp³-hybridized carbons (Fsp3) is 0.643. The summed E-state index contributed by atoms with van der Waals surface area (Å²) in [5, 5.41) is 0. The number of aromatic nitrogens is 1. The molecule has 1 aromatic rings. The maximum Gasteiger partial charge on any atom is 0.244 e. The van der Waals surface area contributed by atoms with E-state index in [1.165, 1.54) is 37.6 Å². The molecule has 2 aliphatic rings. The first-order valence-corrected chi connectivity index (χ1v) is 8.97. The third kappa shape index (κ3) is 3.04. The Bertz CT molecular complexity index is 581. The van der Waals surface area contributed by atoms with Gasteiger partial charge in [-0.25, -0.2) is 13.4 Å². The van der Waals surface area contributed by atoms with Gasteiger partial charge in [-0.1, -0.05) is 6.42 Å². The molecule has 116 valence electrons. The number of nitrogens with two attached hydrogens (primary N) is 1. The molecule has 0 bridgehead atoms. The lowest BCUT2D eigenvalue weighted by Crippen LogP contribution is -2.41. The second-order valence-corrected chi connectivity index (χ2v) is 7.76. The Morgan fingerprint density at radius 1 is 1.14 bits per heavy atom. The van der Waals surface area contributed by atoms with E-state index in [4.69, 9.17) is 5.73 Å². The summed E-state index contributed by atoms with van der Waals surface area (Å²) in [6.45, 7) is 3.38. The van der Waals surface area contributed by atoms with Crippen LogP contribution in [0.25, 0.3) is 0 Å². The van der Waals surface area contributed by atoms with Gasteiger partial charge in [0.1, 0.15) is 10.7 Å². The number of nitrogen functional groups attached to an aromatic ring is 1. The van der Waals surface area contributed by atoms with Crippen molar-refractivity contribution < 1.29 is 8.42 Å². The number of sulfonamides is 1. The van der Waals surface area contributed by atoms with Gasteiger partial charge in [-0.05, 0) is 44.5 Å². The van der Waals surface area contributed by atoms with Gasteiger partial charge in [0.25, 0.3) is 0 Å². The van der Waals surface area contributed by atoms with Crippen molar-refractivity contribution in [2.24, 2.45) is 0 Å². The van der Waals surface area contributed by atoms with Gasteiger partial charge in [-0.3, -0.25) is 4.90 Å². The highest BCUT2D eigenvalue weighted by Crippen LogP contribution is 2.25. The molecule has 1 unspecified atom stereocenters. The minimum Gasteiger partial charge on any atom is -0.384 e. The molecule has 0 spiro atoms. The summed E-state index contributed by atoms with van der Waals surface area (Å²) in [4.78, 5) is 6.56. The molecule has 2 fully saturated rings. The number of hydrogen-bond acceptors (Lipinski definition) is 5. The van der Waals surface area contributed by atoms with Crippen LogP contribution in [-0.2, 0) is 10.0 Å². The fourth-order valence-electron chi connectivity index (χ4n) is 3.20. The average molecular weight is 310 g/mol. The van der Waals surface area contributed by atoms with Crippen LogP contribution in [0, 0.1) is 0 Å². The Hall–Kier alpha value is -1.18. The van der Waals surface area contributed by atoms with Crippen molar-refractivity contribution in [2.45, 2.75) is 36.6 Å². The molecule has 1 aromatic heterocycles. The Kier molecular flexibility index (Phi) is 4.14. The molecule has 0 aromatic carbocycles. The lowest BCUT2D eigenvalue weighted by molar-refractivity contribution is 0.169. The maximum atomic E-state index is 12.6. The van der Waals surface area contributed by atoms with Crippen molar-refractivity contribution in [3.63, 3.8) is 0 Å². The maximum absolute atomic E-state index is 12.6. The summed E-state index contributed by atoms with van der Waals surface area (Å²) >= 11 is 0. The number of rotatable bonds is 3. The van der Waals surface area contributed by atoms with Gasteiger partial charge in [-0.2, -0.15) is 4.31 Å². The topological polar surface area (TPSA) is 79.5 Å². The molecule has 1 atom stereocenters. The van der Waals surface area contributed by atoms with Gasteiger partial charge in [0.15, 0.2) is 0 Å². The van der Waals surface area contributed by atoms with E-state index in [-0.39, 0.29) is 4.90 Å². The van der Waals surface area contributed by atoms with Crippen molar-refractivity contribution in [3.8, 4) is 0 Å². The minimum atomic E-state index is -3.44. The quantitative estimate of drug-likeness (QED) is 0.898. The number of nitrogens with zero attached hydrogens (tertiary/aromatic N) is 3. The number of piperidine rings is 1. The lowest BCUT2D eigenvalue weighted by Gasteiger charge is -2.32. The molecule has 0 radical (unpaired) electrons. The van der Waals surface area contributed by atoms with Gasteiger partial charge < -0.3 is 5.73 Å². The fourth-order valence-corrected chi connectivity index (χ4v) is 4.64. The Labute approximate surface area is 126 Å². The van der Waals surface area contributed by atoms with Gasteiger partial charge in [-0.15, -0.1) is 0 Å². The molecule has 3 rings (SSSR count). The summed E-state index contributed by atoms with van der Waals surface area (Å²) in [7, 11) is -3.44. The first-order valence-electron chi connectivity index (χ1n) is 7.53. The summed E-state index contributed by atoms with van der Waals surface area (Å²) < 4.78 is 26.8. The molecule has 21 heavy (non-hydrogen) atoms. The van der Waals surface area contributed by atoms with Gasteiger partial charge in [0, 0.05) is 25.3 Å². The standard InChI is InChI=1S/C14H22N4O2S/c15-14-5-4-13(10-16-14)21(19,20)18-9-6-12(11-18)17-7-2-1-3-8-17/h4-5,10,12H,1-3,6-9,11H2,(H2,15,16). The van der Waals surface area contributed by atoms with E-state index in [1.54, 1.807) is 4.31 Å². The van der Waals surface area contributed by atoms with Crippen LogP contribution in [0.4, 0.5) is 5.82 Å². The first-order chi connectivity index (χ1) is 10.1. The van der Waals surface area contributed by atoms with Crippen molar-refractivity contribution in [3.05, 3.63) is 18.3 Å². The zero-order chi connectivity index (χ0) is 14.9. The molecule has 0 aliphatic carbocycles. The van der Waals surface area contributed by atoms with E-state index >= 15 is 0 Å². The molecule has 6 nitrogen and oxygen atoms in total. The van der Waals surface area contributed by atoms with Crippen LogP contribution >= 0.6 is 0 Å². The van der Waals surface area contributed by atoms with E-state index in [0.29, 0.717) is 24.9 Å². The number of pyridine rings is 1. The normalized spacial score (nSPS) is 25.2. The number of likely N-dealkylation sites (tertiary alicyclic amines) is 1. The van der Waals surface area contributed by atoms with Gasteiger partial charge in [0.2, 0.25) is 10.0 Å². The van der Waals surface area contributed by atoms with Crippen molar-refractivity contribution >= 4 is 15.8 Å². The molecule has 0 amide bonds. The number of hydrogen-bond donors (Lipinski definition) is 1. The zero-order valence-corrected chi connectivity index (χ0v) is 12.9. The summed E-state index contributed by atoms with van der Waals surface area (Å²) in [6.07, 6.45) is 6.01. The molecule has 3 heterocycles. The third-order valence-corrected chi connectivity index (χ3v) is 6.28. The largest absolute Gasteiger partial charge is 0.384 e. The molecule has 0 saturated carbocycles. The predicted molar refractivity (Wildman–Crippen MR) is 81.2 cm³/mol. The molecule has 2 saturated heterocycles. The van der Waals surface area contributed by atoms with E-state index in [2.05, 4.69) is 9.88 Å². The Morgan fingerprint density at radius 3 is 2.57 bits per heavy atom. The summed E-state index contributed by atoms with van der Waals surface area (Å²) in [5.41, 5.74) is 5.52. The monoisotopic (exact) mass is 310 g/mol. The van der Waals surface area contributed by atoms with Crippen LogP contribution in [-0.4, -0.2) is 54.8 Å². The Morgan fingerprint density at radius 2 is 1.90 bits per heavy atom. The van der Waals surface area contributed by atoms with Gasteiger partial charge >= 0.3 is 0 Å². The van der Waals surface area contributed by atoms with E-state index < -0.39 is 10.0 Å². The Balaban J connectivity index is 1.71. The van der Waals surface area contributed by atoms with E-state index in [9.17, 15) is 8.42 Å². The second-order valence-electron chi connectivity index (χ2n) is 5.82. The van der Waals surface area contributed by atoms with Gasteiger partial charge in [0.05, 0.1) is 0 Å².